The first-order valence-corrected chi connectivity index (χ1v) is 8.86. The van der Waals surface area contributed by atoms with Crippen molar-refractivity contribution in [3.8, 4) is 0 Å². The highest BCUT2D eigenvalue weighted by molar-refractivity contribution is 5.85. The molecule has 0 radical (unpaired) electrons. The molecule has 0 saturated carbocycles. The standard InChI is InChI=1S/C16H22F3N3O5/c17-16(18,19)26-6-11(23)8(3-7-1-2-21-15(7)25)12-4-9-13(27-12)5-10(22-9)14(20)24/h7-10,12-13,22H,1-6H2,(H2,20,24)(H,21,25)/t7-,8-,9?,10?,12?,13?/m1/s1. The zero-order chi connectivity index (χ0) is 19.8. The van der Waals surface area contributed by atoms with Gasteiger partial charge in [0.05, 0.1) is 18.2 Å². The van der Waals surface area contributed by atoms with E-state index in [1.807, 2.05) is 0 Å². The quantitative estimate of drug-likeness (QED) is 0.542. The molecule has 0 aromatic rings. The molecule has 3 heterocycles. The van der Waals surface area contributed by atoms with Gasteiger partial charge in [-0.1, -0.05) is 0 Å². The number of primary amides is 1. The molecule has 6 atom stereocenters. The number of nitrogens with one attached hydrogen (secondary N) is 2. The molecular formula is C16H22F3N3O5. The number of carbonyl (C=O) groups is 3. The Hall–Kier alpha value is -1.72. The second-order valence-electron chi connectivity index (χ2n) is 7.23. The Morgan fingerprint density at radius 2 is 2.07 bits per heavy atom. The van der Waals surface area contributed by atoms with Crippen LogP contribution < -0.4 is 16.4 Å². The lowest BCUT2D eigenvalue weighted by molar-refractivity contribution is -0.321. The minimum absolute atomic E-state index is 0.106. The van der Waals surface area contributed by atoms with Gasteiger partial charge in [-0.25, -0.2) is 0 Å². The van der Waals surface area contributed by atoms with Crippen LogP contribution in [-0.4, -0.2) is 61.4 Å². The predicted octanol–water partition coefficient (Wildman–Crippen LogP) is -0.392. The van der Waals surface area contributed by atoms with Gasteiger partial charge in [-0.2, -0.15) is 0 Å². The number of nitrogens with two attached hydrogens (primary N) is 1. The van der Waals surface area contributed by atoms with E-state index in [9.17, 15) is 27.6 Å². The number of hydrogen-bond donors (Lipinski definition) is 3. The average Bonchev–Trinajstić information content (AvgIpc) is 3.24. The van der Waals surface area contributed by atoms with E-state index in [4.69, 9.17) is 10.5 Å². The van der Waals surface area contributed by atoms with Gasteiger partial charge in [0.1, 0.15) is 6.61 Å². The van der Waals surface area contributed by atoms with Crippen LogP contribution in [0, 0.1) is 11.8 Å². The van der Waals surface area contributed by atoms with E-state index in [2.05, 4.69) is 15.4 Å². The molecule has 3 rings (SSSR count). The first kappa shape index (κ1) is 20.0. The molecule has 0 spiro atoms. The van der Waals surface area contributed by atoms with Gasteiger partial charge in [-0.3, -0.25) is 19.1 Å². The molecule has 4 unspecified atom stereocenters. The predicted molar refractivity (Wildman–Crippen MR) is 84.0 cm³/mol. The lowest BCUT2D eigenvalue weighted by atomic mass is 9.85. The van der Waals surface area contributed by atoms with Crippen LogP contribution in [-0.2, 0) is 23.9 Å². The van der Waals surface area contributed by atoms with Crippen molar-refractivity contribution < 1.29 is 37.0 Å². The van der Waals surface area contributed by atoms with Crippen molar-refractivity contribution in [1.82, 2.24) is 10.6 Å². The maximum absolute atomic E-state index is 12.4. The van der Waals surface area contributed by atoms with Crippen molar-refractivity contribution in [3.63, 3.8) is 0 Å². The van der Waals surface area contributed by atoms with Crippen molar-refractivity contribution in [3.05, 3.63) is 0 Å². The molecule has 4 N–H and O–H groups in total. The van der Waals surface area contributed by atoms with Crippen molar-refractivity contribution in [2.75, 3.05) is 13.2 Å². The lowest BCUT2D eigenvalue weighted by Crippen LogP contribution is -2.41. The molecule has 0 aliphatic carbocycles. The van der Waals surface area contributed by atoms with Crippen LogP contribution >= 0.6 is 0 Å². The summed E-state index contributed by atoms with van der Waals surface area (Å²) in [7, 11) is 0. The molecule has 2 amide bonds. The van der Waals surface area contributed by atoms with Gasteiger partial charge in [-0.05, 0) is 25.7 Å². The summed E-state index contributed by atoms with van der Waals surface area (Å²) in [6.45, 7) is -0.642. The molecule has 3 aliphatic heterocycles. The Morgan fingerprint density at radius 3 is 2.63 bits per heavy atom. The Kier molecular flexibility index (Phi) is 5.73. The number of hydrogen-bond acceptors (Lipinski definition) is 6. The van der Waals surface area contributed by atoms with Crippen molar-refractivity contribution in [2.24, 2.45) is 17.6 Å². The third kappa shape index (κ3) is 4.77. The van der Waals surface area contributed by atoms with Gasteiger partial charge in [-0.15, -0.1) is 13.2 Å². The molecule has 0 aromatic heterocycles. The van der Waals surface area contributed by atoms with E-state index < -0.39 is 48.6 Å². The summed E-state index contributed by atoms with van der Waals surface area (Å²) >= 11 is 0. The summed E-state index contributed by atoms with van der Waals surface area (Å²) in [6.07, 6.45) is -4.57. The van der Waals surface area contributed by atoms with Gasteiger partial charge < -0.3 is 21.1 Å². The van der Waals surface area contributed by atoms with E-state index in [1.165, 1.54) is 0 Å². The normalized spacial score (nSPS) is 34.3. The monoisotopic (exact) mass is 393 g/mol. The molecule has 27 heavy (non-hydrogen) atoms. The molecule has 152 valence electrons. The molecule has 8 nitrogen and oxygen atoms in total. The largest absolute Gasteiger partial charge is 0.522 e. The van der Waals surface area contributed by atoms with E-state index in [0.29, 0.717) is 25.8 Å². The topological polar surface area (TPSA) is 120 Å². The number of halogens is 3. The Bertz CT molecular complexity index is 601. The highest BCUT2D eigenvalue weighted by atomic mass is 19.4. The van der Waals surface area contributed by atoms with E-state index in [1.54, 1.807) is 0 Å². The molecule has 11 heteroatoms. The number of rotatable bonds is 7. The number of ether oxygens (including phenoxy) is 2. The van der Waals surface area contributed by atoms with Crippen LogP contribution in [0.3, 0.4) is 0 Å². The summed E-state index contributed by atoms with van der Waals surface area (Å²) in [4.78, 5) is 35.6. The number of amides is 2. The fraction of sp³-hybridized carbons (Fsp3) is 0.812. The molecule has 3 aliphatic rings. The molecule has 3 saturated heterocycles. The van der Waals surface area contributed by atoms with Crippen LogP contribution in [0.2, 0.25) is 0 Å². The van der Waals surface area contributed by atoms with Crippen LogP contribution in [0.25, 0.3) is 0 Å². The zero-order valence-corrected chi connectivity index (χ0v) is 14.5. The number of alkyl halides is 3. The van der Waals surface area contributed by atoms with Gasteiger partial charge in [0.25, 0.3) is 0 Å². The minimum atomic E-state index is -4.91. The Labute approximate surface area is 153 Å². The maximum Gasteiger partial charge on any atom is 0.522 e. The van der Waals surface area contributed by atoms with Gasteiger partial charge >= 0.3 is 6.36 Å². The SMILES string of the molecule is NC(=O)C1CC2OC([C@H](C[C@H]3CCNC3=O)C(=O)COC(F)(F)F)CC2N1. The van der Waals surface area contributed by atoms with Gasteiger partial charge in [0.2, 0.25) is 11.8 Å². The Balaban J connectivity index is 1.66. The first-order valence-electron chi connectivity index (χ1n) is 8.86. The minimum Gasteiger partial charge on any atom is -0.372 e. The highest BCUT2D eigenvalue weighted by Crippen LogP contribution is 2.36. The Morgan fingerprint density at radius 1 is 1.33 bits per heavy atom. The summed E-state index contributed by atoms with van der Waals surface area (Å²) in [5.41, 5.74) is 5.27. The smallest absolute Gasteiger partial charge is 0.372 e. The summed E-state index contributed by atoms with van der Waals surface area (Å²) in [6, 6.07) is -0.729. The van der Waals surface area contributed by atoms with Crippen LogP contribution in [0.4, 0.5) is 13.2 Å². The fourth-order valence-corrected chi connectivity index (χ4v) is 4.12. The summed E-state index contributed by atoms with van der Waals surface area (Å²) in [5.74, 6) is -2.79. The second-order valence-corrected chi connectivity index (χ2v) is 7.23. The van der Waals surface area contributed by atoms with Crippen LogP contribution in [0.15, 0.2) is 0 Å². The van der Waals surface area contributed by atoms with E-state index >= 15 is 0 Å². The van der Waals surface area contributed by atoms with Gasteiger partial charge in [0.15, 0.2) is 5.78 Å². The van der Waals surface area contributed by atoms with E-state index in [-0.39, 0.29) is 24.5 Å². The van der Waals surface area contributed by atoms with Crippen molar-refractivity contribution >= 4 is 17.6 Å². The number of ketones is 1. The van der Waals surface area contributed by atoms with Gasteiger partial charge in [0, 0.05) is 24.4 Å². The third-order valence-electron chi connectivity index (χ3n) is 5.45. The molecule has 0 aromatic carbocycles. The fourth-order valence-electron chi connectivity index (χ4n) is 4.12. The zero-order valence-electron chi connectivity index (χ0n) is 14.5. The first-order chi connectivity index (χ1) is 12.6. The summed E-state index contributed by atoms with van der Waals surface area (Å²) in [5, 5.41) is 5.69. The van der Waals surface area contributed by atoms with Crippen molar-refractivity contribution in [2.45, 2.75) is 56.3 Å². The van der Waals surface area contributed by atoms with Crippen molar-refractivity contribution in [1.29, 1.82) is 0 Å². The molecule has 0 bridgehead atoms. The molecule has 3 fully saturated rings. The lowest BCUT2D eigenvalue weighted by Gasteiger charge is -2.25. The maximum atomic E-state index is 12.4. The summed E-state index contributed by atoms with van der Waals surface area (Å²) < 4.78 is 46.5. The van der Waals surface area contributed by atoms with Crippen LogP contribution in [0.5, 0.6) is 0 Å². The highest BCUT2D eigenvalue weighted by Gasteiger charge is 2.48. The number of Topliss-reactive ketones (excluding diaryl/α,β-unsaturated/α-hetero) is 1. The average molecular weight is 393 g/mol. The second kappa shape index (κ2) is 7.72. The third-order valence-corrected chi connectivity index (χ3v) is 5.45. The molecular weight excluding hydrogens is 371 g/mol. The van der Waals surface area contributed by atoms with Crippen LogP contribution in [0.1, 0.15) is 25.7 Å². The number of carbonyl (C=O) groups excluding carboxylic acids is 3. The number of fused-ring (bicyclic) bond motifs is 1. The van der Waals surface area contributed by atoms with E-state index in [0.717, 1.165) is 0 Å².